The molecule has 1 aromatic carbocycles. The van der Waals surface area contributed by atoms with Crippen molar-refractivity contribution >= 4 is 0 Å². The molecule has 0 heterocycles. The maximum atomic E-state index is 12.5. The van der Waals surface area contributed by atoms with Gasteiger partial charge in [-0.2, -0.15) is 13.2 Å². The molecule has 0 aliphatic carbocycles. The van der Waals surface area contributed by atoms with Crippen LogP contribution < -0.4 is 4.74 Å². The minimum absolute atomic E-state index is 0.00965. The van der Waals surface area contributed by atoms with E-state index in [1.807, 2.05) is 13.8 Å². The summed E-state index contributed by atoms with van der Waals surface area (Å²) >= 11 is 0. The SMILES string of the molecule is CC.CCC.Cc1ccc(OCC(O)CO)cc1C(F)(F)F. The van der Waals surface area contributed by atoms with E-state index in [4.69, 9.17) is 14.9 Å². The van der Waals surface area contributed by atoms with Crippen molar-refractivity contribution in [2.24, 2.45) is 0 Å². The second-order valence-corrected chi connectivity index (χ2v) is 4.33. The molecule has 0 spiro atoms. The molecule has 2 N–H and O–H groups in total. The number of halogens is 3. The third-order valence-corrected chi connectivity index (χ3v) is 2.17. The molecule has 1 aromatic rings. The van der Waals surface area contributed by atoms with Gasteiger partial charge in [0, 0.05) is 0 Å². The summed E-state index contributed by atoms with van der Waals surface area (Å²) in [5.41, 5.74) is -0.666. The van der Waals surface area contributed by atoms with Crippen molar-refractivity contribution in [1.29, 1.82) is 0 Å². The van der Waals surface area contributed by atoms with Crippen LogP contribution in [0.25, 0.3) is 0 Å². The maximum Gasteiger partial charge on any atom is 0.416 e. The monoisotopic (exact) mass is 324 g/mol. The molecule has 6 heteroatoms. The Kier molecular flexibility index (Phi) is 12.9. The molecule has 0 amide bonds. The van der Waals surface area contributed by atoms with Crippen LogP contribution in [0.2, 0.25) is 0 Å². The number of aliphatic hydroxyl groups excluding tert-OH is 2. The maximum absolute atomic E-state index is 12.5. The van der Waals surface area contributed by atoms with Crippen molar-refractivity contribution in [1.82, 2.24) is 0 Å². The topological polar surface area (TPSA) is 49.7 Å². The van der Waals surface area contributed by atoms with Gasteiger partial charge in [-0.15, -0.1) is 0 Å². The number of rotatable bonds is 4. The van der Waals surface area contributed by atoms with Crippen LogP contribution in [0, 0.1) is 6.92 Å². The molecule has 22 heavy (non-hydrogen) atoms. The Morgan fingerprint density at radius 2 is 1.68 bits per heavy atom. The largest absolute Gasteiger partial charge is 0.491 e. The minimum Gasteiger partial charge on any atom is -0.491 e. The van der Waals surface area contributed by atoms with Crippen LogP contribution in [0.15, 0.2) is 18.2 Å². The van der Waals surface area contributed by atoms with Crippen LogP contribution in [-0.4, -0.2) is 29.5 Å². The Bertz CT molecular complexity index is 393. The first-order valence-corrected chi connectivity index (χ1v) is 7.35. The number of hydrogen-bond acceptors (Lipinski definition) is 3. The first kappa shape index (κ1) is 23.0. The van der Waals surface area contributed by atoms with Crippen LogP contribution in [-0.2, 0) is 6.18 Å². The Morgan fingerprint density at radius 1 is 1.18 bits per heavy atom. The molecule has 0 bridgehead atoms. The van der Waals surface area contributed by atoms with Crippen LogP contribution >= 0.6 is 0 Å². The van der Waals surface area contributed by atoms with Gasteiger partial charge >= 0.3 is 6.18 Å². The molecule has 130 valence electrons. The average Bonchev–Trinajstić information content (AvgIpc) is 2.47. The molecule has 0 saturated carbocycles. The van der Waals surface area contributed by atoms with E-state index in [2.05, 4.69) is 13.8 Å². The van der Waals surface area contributed by atoms with E-state index in [0.29, 0.717) is 0 Å². The van der Waals surface area contributed by atoms with Crippen molar-refractivity contribution in [2.45, 2.75) is 53.3 Å². The highest BCUT2D eigenvalue weighted by atomic mass is 19.4. The van der Waals surface area contributed by atoms with Crippen molar-refractivity contribution in [3.05, 3.63) is 29.3 Å². The summed E-state index contributed by atoms with van der Waals surface area (Å²) in [7, 11) is 0. The minimum atomic E-state index is -4.43. The molecule has 0 saturated heterocycles. The fraction of sp³-hybridized carbons (Fsp3) is 0.625. The lowest BCUT2D eigenvalue weighted by Crippen LogP contribution is -2.21. The fourth-order valence-corrected chi connectivity index (χ4v) is 1.24. The summed E-state index contributed by atoms with van der Waals surface area (Å²) in [6.07, 6.45) is -4.29. The summed E-state index contributed by atoms with van der Waals surface area (Å²) in [5, 5.41) is 17.5. The molecule has 1 rings (SSSR count). The van der Waals surface area contributed by atoms with Gasteiger partial charge in [-0.3, -0.25) is 0 Å². The van der Waals surface area contributed by atoms with E-state index in [-0.39, 0.29) is 17.9 Å². The van der Waals surface area contributed by atoms with Crippen molar-refractivity contribution in [3.63, 3.8) is 0 Å². The molecule has 3 nitrogen and oxygen atoms in total. The average molecular weight is 324 g/mol. The van der Waals surface area contributed by atoms with Crippen LogP contribution in [0.3, 0.4) is 0 Å². The highest BCUT2D eigenvalue weighted by molar-refractivity contribution is 5.36. The summed E-state index contributed by atoms with van der Waals surface area (Å²) in [5.74, 6) is 0.00965. The predicted octanol–water partition coefficient (Wildman–Crippen LogP) is 4.19. The molecule has 1 atom stereocenters. The molecule has 1 unspecified atom stereocenters. The summed E-state index contributed by atoms with van der Waals surface area (Å²) in [4.78, 5) is 0. The number of alkyl halides is 3. The zero-order chi connectivity index (χ0) is 17.8. The Morgan fingerprint density at radius 3 is 2.09 bits per heavy atom. The Hall–Kier alpha value is -1.27. The first-order chi connectivity index (χ1) is 10.3. The molecule has 0 fully saturated rings. The summed E-state index contributed by atoms with van der Waals surface area (Å²) < 4.78 is 42.6. The van der Waals surface area contributed by atoms with E-state index in [9.17, 15) is 13.2 Å². The molecular formula is C16H27F3O3. The standard InChI is InChI=1S/C11H13F3O3.C3H8.C2H6/c1-7-2-3-9(17-6-8(16)5-15)4-10(7)11(12,13)14;1-3-2;1-2/h2-4,8,15-16H,5-6H2,1H3;3H2,1-2H3;1-2H3. The first-order valence-electron chi connectivity index (χ1n) is 7.35. The number of ether oxygens (including phenoxy) is 1. The second-order valence-electron chi connectivity index (χ2n) is 4.33. The molecule has 0 aromatic heterocycles. The van der Waals surface area contributed by atoms with Crippen LogP contribution in [0.5, 0.6) is 5.75 Å². The van der Waals surface area contributed by atoms with Gasteiger partial charge in [-0.25, -0.2) is 0 Å². The van der Waals surface area contributed by atoms with Gasteiger partial charge < -0.3 is 14.9 Å². The number of hydrogen-bond donors (Lipinski definition) is 2. The molecule has 0 aliphatic heterocycles. The van der Waals surface area contributed by atoms with Gasteiger partial charge in [-0.1, -0.05) is 40.2 Å². The third-order valence-electron chi connectivity index (χ3n) is 2.17. The molecule has 0 aliphatic rings. The number of aliphatic hydroxyl groups is 2. The van der Waals surface area contributed by atoms with Gasteiger partial charge in [0.25, 0.3) is 0 Å². The van der Waals surface area contributed by atoms with Crippen LogP contribution in [0.1, 0.15) is 45.2 Å². The van der Waals surface area contributed by atoms with E-state index >= 15 is 0 Å². The lowest BCUT2D eigenvalue weighted by atomic mass is 10.1. The second kappa shape index (κ2) is 12.3. The smallest absolute Gasteiger partial charge is 0.416 e. The Balaban J connectivity index is 0. The van der Waals surface area contributed by atoms with E-state index in [1.165, 1.54) is 25.5 Å². The van der Waals surface area contributed by atoms with Gasteiger partial charge in [0.2, 0.25) is 0 Å². The zero-order valence-electron chi connectivity index (χ0n) is 13.9. The van der Waals surface area contributed by atoms with Gasteiger partial charge in [-0.05, 0) is 24.6 Å². The Labute approximate surface area is 130 Å². The summed E-state index contributed by atoms with van der Waals surface area (Å²) in [6, 6.07) is 3.55. The van der Waals surface area contributed by atoms with Gasteiger partial charge in [0.05, 0.1) is 12.2 Å². The van der Waals surface area contributed by atoms with E-state index in [0.717, 1.165) is 6.07 Å². The van der Waals surface area contributed by atoms with Crippen molar-refractivity contribution in [3.8, 4) is 5.75 Å². The lowest BCUT2D eigenvalue weighted by molar-refractivity contribution is -0.138. The number of aryl methyl sites for hydroxylation is 1. The normalized spacial score (nSPS) is 11.5. The molecular weight excluding hydrogens is 297 g/mol. The summed E-state index contributed by atoms with van der Waals surface area (Å²) in [6.45, 7) is 8.85. The van der Waals surface area contributed by atoms with Crippen molar-refractivity contribution < 1.29 is 28.1 Å². The number of benzene rings is 1. The highest BCUT2D eigenvalue weighted by Gasteiger charge is 2.32. The van der Waals surface area contributed by atoms with E-state index < -0.39 is 24.5 Å². The molecule has 0 radical (unpaired) electrons. The van der Waals surface area contributed by atoms with Gasteiger partial charge in [0.1, 0.15) is 18.5 Å². The van der Waals surface area contributed by atoms with E-state index in [1.54, 1.807) is 0 Å². The zero-order valence-corrected chi connectivity index (χ0v) is 13.9. The quantitative estimate of drug-likeness (QED) is 0.873. The van der Waals surface area contributed by atoms with Crippen molar-refractivity contribution in [2.75, 3.05) is 13.2 Å². The van der Waals surface area contributed by atoms with Gasteiger partial charge in [0.15, 0.2) is 0 Å². The predicted molar refractivity (Wildman–Crippen MR) is 82.1 cm³/mol. The fourth-order valence-electron chi connectivity index (χ4n) is 1.24. The third kappa shape index (κ3) is 9.63. The van der Waals surface area contributed by atoms with Crippen LogP contribution in [0.4, 0.5) is 13.2 Å². The lowest BCUT2D eigenvalue weighted by Gasteiger charge is -2.14. The highest BCUT2D eigenvalue weighted by Crippen LogP contribution is 2.33.